The number of hydrogen-bond donors (Lipinski definition) is 0. The van der Waals surface area contributed by atoms with Gasteiger partial charge in [-0.15, -0.1) is 0 Å². The van der Waals surface area contributed by atoms with Crippen molar-refractivity contribution >= 4 is 11.8 Å². The van der Waals surface area contributed by atoms with E-state index < -0.39 is 0 Å². The molecule has 0 saturated carbocycles. The summed E-state index contributed by atoms with van der Waals surface area (Å²) in [5.41, 5.74) is 1.86. The van der Waals surface area contributed by atoms with Gasteiger partial charge in [0.15, 0.2) is 0 Å². The van der Waals surface area contributed by atoms with Crippen LogP contribution in [0.1, 0.15) is 36.3 Å². The Morgan fingerprint density at radius 3 is 2.28 bits per heavy atom. The summed E-state index contributed by atoms with van der Waals surface area (Å²) >= 11 is 0. The monoisotopic (exact) mass is 399 g/mol. The number of aromatic nitrogens is 1. The molecule has 7 nitrogen and oxygen atoms in total. The minimum atomic E-state index is 0.0750. The van der Waals surface area contributed by atoms with Gasteiger partial charge in [-0.2, -0.15) is 0 Å². The standard InChI is InChI=1S/C22H29N3O4/c1-17-20(18(2)29-23-17)9-10-21(26)24-12-6-13-25(15-14-24)22(27)11-16-28-19-7-4-3-5-8-19/h3-5,7-8H,6,9-16H2,1-2H3. The lowest BCUT2D eigenvalue weighted by atomic mass is 10.1. The minimum absolute atomic E-state index is 0.0750. The molecular weight excluding hydrogens is 370 g/mol. The summed E-state index contributed by atoms with van der Waals surface area (Å²) in [7, 11) is 0. The molecule has 156 valence electrons. The number of amides is 2. The van der Waals surface area contributed by atoms with E-state index in [9.17, 15) is 9.59 Å². The Morgan fingerprint density at radius 2 is 1.66 bits per heavy atom. The van der Waals surface area contributed by atoms with E-state index in [1.807, 2.05) is 54.0 Å². The van der Waals surface area contributed by atoms with Crippen LogP contribution in [-0.4, -0.2) is 59.6 Å². The Morgan fingerprint density at radius 1 is 1.00 bits per heavy atom. The lowest BCUT2D eigenvalue weighted by Crippen LogP contribution is -2.37. The van der Waals surface area contributed by atoms with Crippen molar-refractivity contribution in [2.24, 2.45) is 0 Å². The first kappa shape index (κ1) is 20.9. The molecule has 1 aliphatic heterocycles. The van der Waals surface area contributed by atoms with E-state index in [1.165, 1.54) is 0 Å². The molecule has 2 heterocycles. The van der Waals surface area contributed by atoms with Gasteiger partial charge < -0.3 is 19.1 Å². The van der Waals surface area contributed by atoms with Gasteiger partial charge in [0.1, 0.15) is 11.5 Å². The molecule has 0 atom stereocenters. The maximum atomic E-state index is 12.6. The molecule has 1 saturated heterocycles. The Bertz CT molecular complexity index is 799. The van der Waals surface area contributed by atoms with E-state index in [1.54, 1.807) is 0 Å². The van der Waals surface area contributed by atoms with Gasteiger partial charge in [-0.3, -0.25) is 9.59 Å². The van der Waals surface area contributed by atoms with Crippen LogP contribution in [0.15, 0.2) is 34.9 Å². The lowest BCUT2D eigenvalue weighted by molar-refractivity contribution is -0.133. The molecule has 1 aromatic heterocycles. The second-order valence-electron chi connectivity index (χ2n) is 7.33. The van der Waals surface area contributed by atoms with Gasteiger partial charge in [0, 0.05) is 38.2 Å². The topological polar surface area (TPSA) is 75.9 Å². The van der Waals surface area contributed by atoms with Gasteiger partial charge in [-0.05, 0) is 38.8 Å². The highest BCUT2D eigenvalue weighted by Crippen LogP contribution is 2.16. The van der Waals surface area contributed by atoms with Crippen LogP contribution in [-0.2, 0) is 16.0 Å². The molecule has 0 bridgehead atoms. The third-order valence-corrected chi connectivity index (χ3v) is 5.30. The van der Waals surface area contributed by atoms with Crippen molar-refractivity contribution in [1.82, 2.24) is 15.0 Å². The van der Waals surface area contributed by atoms with Crippen molar-refractivity contribution in [3.8, 4) is 5.75 Å². The van der Waals surface area contributed by atoms with E-state index in [4.69, 9.17) is 9.26 Å². The first-order valence-electron chi connectivity index (χ1n) is 10.2. The van der Waals surface area contributed by atoms with Crippen LogP contribution in [0.4, 0.5) is 0 Å². The zero-order chi connectivity index (χ0) is 20.6. The van der Waals surface area contributed by atoms with Crippen LogP contribution in [0, 0.1) is 13.8 Å². The molecule has 2 amide bonds. The molecule has 0 aliphatic carbocycles. The van der Waals surface area contributed by atoms with Crippen molar-refractivity contribution in [3.05, 3.63) is 47.3 Å². The van der Waals surface area contributed by atoms with Crippen molar-refractivity contribution < 1.29 is 18.8 Å². The Kier molecular flexibility index (Phi) is 7.27. The minimum Gasteiger partial charge on any atom is -0.493 e. The Labute approximate surface area is 171 Å². The third-order valence-electron chi connectivity index (χ3n) is 5.30. The number of hydrogen-bond acceptors (Lipinski definition) is 5. The molecule has 29 heavy (non-hydrogen) atoms. The molecule has 2 aromatic rings. The van der Waals surface area contributed by atoms with Crippen molar-refractivity contribution in [3.63, 3.8) is 0 Å². The van der Waals surface area contributed by atoms with E-state index in [-0.39, 0.29) is 11.8 Å². The van der Waals surface area contributed by atoms with Crippen molar-refractivity contribution in [1.29, 1.82) is 0 Å². The van der Waals surface area contributed by atoms with Crippen LogP contribution in [0.3, 0.4) is 0 Å². The molecule has 7 heteroatoms. The Balaban J connectivity index is 1.42. The van der Waals surface area contributed by atoms with E-state index in [0.29, 0.717) is 52.0 Å². The number of benzene rings is 1. The fourth-order valence-corrected chi connectivity index (χ4v) is 3.60. The summed E-state index contributed by atoms with van der Waals surface area (Å²) < 4.78 is 10.8. The van der Waals surface area contributed by atoms with Crippen LogP contribution in [0.2, 0.25) is 0 Å². The van der Waals surface area contributed by atoms with Gasteiger partial charge in [-0.1, -0.05) is 23.4 Å². The van der Waals surface area contributed by atoms with E-state index >= 15 is 0 Å². The van der Waals surface area contributed by atoms with Crippen LogP contribution in [0.25, 0.3) is 0 Å². The SMILES string of the molecule is Cc1noc(C)c1CCC(=O)N1CCCN(C(=O)CCOc2ccccc2)CC1. The predicted molar refractivity (Wildman–Crippen MR) is 109 cm³/mol. The van der Waals surface area contributed by atoms with Gasteiger partial charge in [0.2, 0.25) is 11.8 Å². The number of carbonyl (C=O) groups is 2. The fourth-order valence-electron chi connectivity index (χ4n) is 3.60. The van der Waals surface area contributed by atoms with Gasteiger partial charge in [0.05, 0.1) is 18.7 Å². The van der Waals surface area contributed by atoms with Crippen LogP contribution < -0.4 is 4.74 Å². The highest BCUT2D eigenvalue weighted by molar-refractivity contribution is 5.78. The molecule has 3 rings (SSSR count). The smallest absolute Gasteiger partial charge is 0.226 e. The number of ether oxygens (including phenoxy) is 1. The number of nitrogens with zero attached hydrogens (tertiary/aromatic N) is 3. The molecule has 0 unspecified atom stereocenters. The summed E-state index contributed by atoms with van der Waals surface area (Å²) in [6, 6.07) is 9.49. The summed E-state index contributed by atoms with van der Waals surface area (Å²) in [6.07, 6.45) is 2.20. The highest BCUT2D eigenvalue weighted by Gasteiger charge is 2.22. The van der Waals surface area contributed by atoms with Crippen molar-refractivity contribution in [2.75, 3.05) is 32.8 Å². The summed E-state index contributed by atoms with van der Waals surface area (Å²) in [4.78, 5) is 28.8. The largest absolute Gasteiger partial charge is 0.493 e. The van der Waals surface area contributed by atoms with E-state index in [0.717, 1.165) is 29.2 Å². The second kappa shape index (κ2) is 10.1. The van der Waals surface area contributed by atoms with Gasteiger partial charge in [0.25, 0.3) is 0 Å². The molecule has 0 spiro atoms. The number of rotatable bonds is 7. The predicted octanol–water partition coefficient (Wildman–Crippen LogP) is 2.75. The molecule has 1 aromatic carbocycles. The number of carbonyl (C=O) groups excluding carboxylic acids is 2. The Hall–Kier alpha value is -2.83. The van der Waals surface area contributed by atoms with Crippen molar-refractivity contribution in [2.45, 2.75) is 39.5 Å². The summed E-state index contributed by atoms with van der Waals surface area (Å²) in [5, 5.41) is 3.94. The maximum absolute atomic E-state index is 12.6. The zero-order valence-corrected chi connectivity index (χ0v) is 17.2. The molecule has 0 radical (unpaired) electrons. The quantitative estimate of drug-likeness (QED) is 0.716. The lowest BCUT2D eigenvalue weighted by Gasteiger charge is -2.22. The average Bonchev–Trinajstić information content (AvgIpc) is 2.92. The molecular formula is C22H29N3O4. The maximum Gasteiger partial charge on any atom is 0.226 e. The average molecular weight is 399 g/mol. The summed E-state index contributed by atoms with van der Waals surface area (Å²) in [5.74, 6) is 1.74. The first-order chi connectivity index (χ1) is 14.0. The number of aryl methyl sites for hydroxylation is 2. The molecule has 1 aliphatic rings. The molecule has 1 fully saturated rings. The first-order valence-corrected chi connectivity index (χ1v) is 10.2. The molecule has 0 N–H and O–H groups in total. The van der Waals surface area contributed by atoms with Crippen LogP contribution >= 0.6 is 0 Å². The zero-order valence-electron chi connectivity index (χ0n) is 17.2. The van der Waals surface area contributed by atoms with E-state index in [2.05, 4.69) is 5.16 Å². The van der Waals surface area contributed by atoms with Gasteiger partial charge in [-0.25, -0.2) is 0 Å². The van der Waals surface area contributed by atoms with Crippen LogP contribution in [0.5, 0.6) is 5.75 Å². The fraction of sp³-hybridized carbons (Fsp3) is 0.500. The third kappa shape index (κ3) is 5.82. The normalized spacial score (nSPS) is 14.6. The van der Waals surface area contributed by atoms with Gasteiger partial charge >= 0.3 is 0 Å². The summed E-state index contributed by atoms with van der Waals surface area (Å²) in [6.45, 7) is 6.64. The highest BCUT2D eigenvalue weighted by atomic mass is 16.5. The number of para-hydroxylation sites is 1. The second-order valence-corrected chi connectivity index (χ2v) is 7.33.